The maximum Gasteiger partial charge on any atom is 0.305 e. The number of pyridine rings is 1. The van der Waals surface area contributed by atoms with Gasteiger partial charge in [-0.25, -0.2) is 0 Å². The van der Waals surface area contributed by atoms with Crippen LogP contribution in [0.25, 0.3) is 10.9 Å². The zero-order valence-electron chi connectivity index (χ0n) is 12.2. The molecule has 1 aliphatic carbocycles. The van der Waals surface area contributed by atoms with E-state index in [0.29, 0.717) is 0 Å². The van der Waals surface area contributed by atoms with Crippen molar-refractivity contribution in [2.45, 2.75) is 44.6 Å². The molecule has 0 radical (unpaired) electrons. The van der Waals surface area contributed by atoms with Crippen molar-refractivity contribution in [1.29, 1.82) is 0 Å². The van der Waals surface area contributed by atoms with Crippen LogP contribution in [0.1, 0.15) is 37.8 Å². The SMILES string of the molecule is Cc1cc(NC2(CC(=O)O)CCCC2)c2ccccc2n1. The predicted octanol–water partition coefficient (Wildman–Crippen LogP) is 3.74. The van der Waals surface area contributed by atoms with Crippen molar-refractivity contribution in [3.05, 3.63) is 36.0 Å². The van der Waals surface area contributed by atoms with E-state index < -0.39 is 5.97 Å². The number of aryl methyl sites for hydroxylation is 1. The molecule has 3 rings (SSSR count). The van der Waals surface area contributed by atoms with Crippen LogP contribution in [0.15, 0.2) is 30.3 Å². The Labute approximate surface area is 124 Å². The second-order valence-corrected chi connectivity index (χ2v) is 6.01. The molecule has 21 heavy (non-hydrogen) atoms. The van der Waals surface area contributed by atoms with Gasteiger partial charge in [-0.1, -0.05) is 31.0 Å². The van der Waals surface area contributed by atoms with Gasteiger partial charge in [-0.05, 0) is 31.9 Å². The van der Waals surface area contributed by atoms with Gasteiger partial charge in [0.15, 0.2) is 0 Å². The summed E-state index contributed by atoms with van der Waals surface area (Å²) in [6.45, 7) is 1.97. The van der Waals surface area contributed by atoms with E-state index in [-0.39, 0.29) is 12.0 Å². The number of carboxylic acids is 1. The van der Waals surface area contributed by atoms with E-state index in [9.17, 15) is 9.90 Å². The highest BCUT2D eigenvalue weighted by atomic mass is 16.4. The first-order valence-electron chi connectivity index (χ1n) is 7.44. The number of nitrogens with zero attached hydrogens (tertiary/aromatic N) is 1. The highest BCUT2D eigenvalue weighted by Crippen LogP contribution is 2.37. The Kier molecular flexibility index (Phi) is 3.53. The molecular formula is C17H20N2O2. The number of aliphatic carboxylic acids is 1. The molecule has 2 N–H and O–H groups in total. The molecule has 1 aromatic heterocycles. The number of benzene rings is 1. The third kappa shape index (κ3) is 2.84. The number of aromatic nitrogens is 1. The van der Waals surface area contributed by atoms with Crippen molar-refractivity contribution in [2.75, 3.05) is 5.32 Å². The van der Waals surface area contributed by atoms with Gasteiger partial charge >= 0.3 is 5.97 Å². The lowest BCUT2D eigenvalue weighted by molar-refractivity contribution is -0.138. The molecule has 4 nitrogen and oxygen atoms in total. The fourth-order valence-electron chi connectivity index (χ4n) is 3.38. The molecule has 4 heteroatoms. The number of hydrogen-bond donors (Lipinski definition) is 2. The Morgan fingerprint density at radius 1 is 1.33 bits per heavy atom. The molecule has 0 spiro atoms. The first-order valence-corrected chi connectivity index (χ1v) is 7.44. The molecule has 1 aliphatic rings. The van der Waals surface area contributed by atoms with E-state index in [1.807, 2.05) is 37.3 Å². The summed E-state index contributed by atoms with van der Waals surface area (Å²) in [7, 11) is 0. The summed E-state index contributed by atoms with van der Waals surface area (Å²) in [5.41, 5.74) is 2.58. The summed E-state index contributed by atoms with van der Waals surface area (Å²) < 4.78 is 0. The van der Waals surface area contributed by atoms with Crippen molar-refractivity contribution >= 4 is 22.6 Å². The molecule has 0 unspecified atom stereocenters. The van der Waals surface area contributed by atoms with Gasteiger partial charge in [-0.2, -0.15) is 0 Å². The summed E-state index contributed by atoms with van der Waals surface area (Å²) in [6, 6.07) is 10.0. The van der Waals surface area contributed by atoms with Gasteiger partial charge in [0.1, 0.15) is 0 Å². The molecule has 1 fully saturated rings. The van der Waals surface area contributed by atoms with Gasteiger partial charge < -0.3 is 10.4 Å². The van der Waals surface area contributed by atoms with Crippen molar-refractivity contribution < 1.29 is 9.90 Å². The minimum atomic E-state index is -0.737. The molecule has 1 saturated carbocycles. The molecule has 110 valence electrons. The summed E-state index contributed by atoms with van der Waals surface area (Å²) in [5, 5.41) is 13.8. The van der Waals surface area contributed by atoms with Gasteiger partial charge in [-0.15, -0.1) is 0 Å². The maximum absolute atomic E-state index is 11.2. The Morgan fingerprint density at radius 2 is 2.05 bits per heavy atom. The average molecular weight is 284 g/mol. The maximum atomic E-state index is 11.2. The van der Waals surface area contributed by atoms with Crippen molar-refractivity contribution in [2.24, 2.45) is 0 Å². The highest BCUT2D eigenvalue weighted by Gasteiger charge is 2.36. The van der Waals surface area contributed by atoms with E-state index in [0.717, 1.165) is 48.0 Å². The average Bonchev–Trinajstić information content (AvgIpc) is 2.86. The van der Waals surface area contributed by atoms with Gasteiger partial charge in [0.25, 0.3) is 0 Å². The second kappa shape index (κ2) is 5.35. The Morgan fingerprint density at radius 3 is 2.76 bits per heavy atom. The first kappa shape index (κ1) is 13.9. The molecule has 2 aromatic rings. The number of carboxylic acid groups (broad SMARTS) is 1. The second-order valence-electron chi connectivity index (χ2n) is 6.01. The lowest BCUT2D eigenvalue weighted by Gasteiger charge is -2.30. The first-order chi connectivity index (χ1) is 10.1. The topological polar surface area (TPSA) is 62.2 Å². The summed E-state index contributed by atoms with van der Waals surface area (Å²) >= 11 is 0. The quantitative estimate of drug-likeness (QED) is 0.897. The number of carbonyl (C=O) groups is 1. The Balaban J connectivity index is 2.01. The molecule has 0 aliphatic heterocycles. The van der Waals surface area contributed by atoms with E-state index in [4.69, 9.17) is 0 Å². The Hall–Kier alpha value is -2.10. The van der Waals surface area contributed by atoms with E-state index >= 15 is 0 Å². The van der Waals surface area contributed by atoms with Crippen molar-refractivity contribution in [3.63, 3.8) is 0 Å². The van der Waals surface area contributed by atoms with E-state index in [2.05, 4.69) is 10.3 Å². The zero-order chi connectivity index (χ0) is 14.9. The summed E-state index contributed by atoms with van der Waals surface area (Å²) in [6.07, 6.45) is 4.16. The lowest BCUT2D eigenvalue weighted by atomic mass is 9.92. The molecule has 0 bridgehead atoms. The van der Waals surface area contributed by atoms with Gasteiger partial charge in [0.05, 0.1) is 11.9 Å². The third-order valence-corrected chi connectivity index (χ3v) is 4.29. The standard InChI is InChI=1S/C17H20N2O2/c1-12-10-15(13-6-2-3-7-14(13)18-12)19-17(11-16(20)21)8-4-5-9-17/h2-3,6-7,10H,4-5,8-9,11H2,1H3,(H,18,19)(H,20,21). The number of rotatable bonds is 4. The highest BCUT2D eigenvalue weighted by molar-refractivity contribution is 5.92. The largest absolute Gasteiger partial charge is 0.481 e. The predicted molar refractivity (Wildman–Crippen MR) is 83.6 cm³/mol. The monoisotopic (exact) mass is 284 g/mol. The molecule has 1 heterocycles. The van der Waals surface area contributed by atoms with Gasteiger partial charge in [-0.3, -0.25) is 9.78 Å². The van der Waals surface area contributed by atoms with Crippen LogP contribution in [0, 0.1) is 6.92 Å². The molecule has 1 aromatic carbocycles. The summed E-state index contributed by atoms with van der Waals surface area (Å²) in [5.74, 6) is -0.737. The van der Waals surface area contributed by atoms with Gasteiger partial charge in [0, 0.05) is 22.3 Å². The van der Waals surface area contributed by atoms with E-state index in [1.165, 1.54) is 0 Å². The number of para-hydroxylation sites is 1. The van der Waals surface area contributed by atoms with Gasteiger partial charge in [0.2, 0.25) is 0 Å². The fraction of sp³-hybridized carbons (Fsp3) is 0.412. The van der Waals surface area contributed by atoms with Crippen LogP contribution in [-0.2, 0) is 4.79 Å². The van der Waals surface area contributed by atoms with E-state index in [1.54, 1.807) is 0 Å². The molecule has 0 saturated heterocycles. The van der Waals surface area contributed by atoms with Crippen LogP contribution in [0.3, 0.4) is 0 Å². The molecule has 0 amide bonds. The third-order valence-electron chi connectivity index (χ3n) is 4.29. The number of nitrogens with one attached hydrogen (secondary N) is 1. The van der Waals surface area contributed by atoms with Crippen LogP contribution in [0.2, 0.25) is 0 Å². The minimum Gasteiger partial charge on any atom is -0.481 e. The Bertz CT molecular complexity index is 676. The van der Waals surface area contributed by atoms with Crippen molar-refractivity contribution in [3.8, 4) is 0 Å². The van der Waals surface area contributed by atoms with Crippen LogP contribution >= 0.6 is 0 Å². The van der Waals surface area contributed by atoms with Crippen LogP contribution in [-0.4, -0.2) is 21.6 Å². The number of anilines is 1. The van der Waals surface area contributed by atoms with Crippen LogP contribution in [0.4, 0.5) is 5.69 Å². The normalized spacial score (nSPS) is 17.0. The molecule has 0 atom stereocenters. The lowest BCUT2D eigenvalue weighted by Crippen LogP contribution is -2.37. The minimum absolute atomic E-state index is 0.169. The van der Waals surface area contributed by atoms with Crippen LogP contribution in [0.5, 0.6) is 0 Å². The number of fused-ring (bicyclic) bond motifs is 1. The number of hydrogen-bond acceptors (Lipinski definition) is 3. The smallest absolute Gasteiger partial charge is 0.305 e. The molecular weight excluding hydrogens is 264 g/mol. The van der Waals surface area contributed by atoms with Crippen LogP contribution < -0.4 is 5.32 Å². The van der Waals surface area contributed by atoms with Crippen molar-refractivity contribution in [1.82, 2.24) is 4.98 Å². The fourth-order valence-corrected chi connectivity index (χ4v) is 3.38. The summed E-state index contributed by atoms with van der Waals surface area (Å²) in [4.78, 5) is 15.8. The zero-order valence-corrected chi connectivity index (χ0v) is 12.2.